The Kier molecular flexibility index (Phi) is 3.85. The molecule has 0 bridgehead atoms. The fraction of sp³-hybridized carbons (Fsp3) is 0.727. The molecule has 0 aliphatic carbocycles. The predicted octanol–water partition coefficient (Wildman–Crippen LogP) is 1.55. The molecule has 0 radical (unpaired) electrons. The Hall–Kier alpha value is -1.46. The van der Waals surface area contributed by atoms with Crippen LogP contribution in [0.3, 0.4) is 0 Å². The summed E-state index contributed by atoms with van der Waals surface area (Å²) in [6, 6.07) is -0.905. The van der Waals surface area contributed by atoms with Crippen molar-refractivity contribution in [3.05, 3.63) is 0 Å². The maximum Gasteiger partial charge on any atom is 0.411 e. The molecule has 0 aromatic carbocycles. The van der Waals surface area contributed by atoms with Gasteiger partial charge < -0.3 is 10.1 Å². The summed E-state index contributed by atoms with van der Waals surface area (Å²) in [7, 11) is 0. The monoisotopic (exact) mass is 244 g/mol. The average molecular weight is 244 g/mol. The molecule has 1 N–H and O–H groups in total. The van der Waals surface area contributed by atoms with Crippen LogP contribution in [0.25, 0.3) is 0 Å². The van der Waals surface area contributed by atoms with Crippen molar-refractivity contribution >= 4 is 18.1 Å². The molecule has 1 heterocycles. The molecule has 2 atom stereocenters. The first-order chi connectivity index (χ1) is 7.74. The number of carbonyl (C=O) groups is 2. The minimum atomic E-state index is -1.24. The summed E-state index contributed by atoms with van der Waals surface area (Å²) >= 11 is 0. The maximum atomic E-state index is 13.2. The number of Topliss-reactive ketones (excluding diaryl/α,β-unsaturated/α-hetero) is 1. The molecule has 1 saturated heterocycles. The summed E-state index contributed by atoms with van der Waals surface area (Å²) in [6.07, 6.45) is -1.40. The van der Waals surface area contributed by atoms with Crippen LogP contribution in [0, 0.1) is 5.41 Å². The SMILES string of the molecule is CC(C)(C)OC(=O)N1C[C@@H](F)C[C@@H]1C(=O)C=N. The van der Waals surface area contributed by atoms with Crippen LogP contribution in [-0.2, 0) is 9.53 Å². The van der Waals surface area contributed by atoms with E-state index in [-0.39, 0.29) is 13.0 Å². The van der Waals surface area contributed by atoms with Gasteiger partial charge in [0.1, 0.15) is 17.8 Å². The topological polar surface area (TPSA) is 70.5 Å². The standard InChI is InChI=1S/C11H17FN2O3/c1-11(2,3)17-10(16)14-6-7(12)4-8(14)9(15)5-13/h5,7-8,13H,4,6H2,1-3H3/t7-,8+/m0/s1. The van der Waals surface area contributed by atoms with Gasteiger partial charge in [0.15, 0.2) is 5.78 Å². The molecular weight excluding hydrogens is 227 g/mol. The van der Waals surface area contributed by atoms with Gasteiger partial charge in [-0.3, -0.25) is 9.69 Å². The molecule has 1 rings (SSSR count). The molecule has 5 nitrogen and oxygen atoms in total. The van der Waals surface area contributed by atoms with Gasteiger partial charge in [0.05, 0.1) is 12.8 Å². The first-order valence-electron chi connectivity index (χ1n) is 5.42. The maximum absolute atomic E-state index is 13.2. The van der Waals surface area contributed by atoms with Crippen molar-refractivity contribution in [1.82, 2.24) is 4.90 Å². The van der Waals surface area contributed by atoms with E-state index < -0.39 is 29.7 Å². The van der Waals surface area contributed by atoms with Gasteiger partial charge >= 0.3 is 6.09 Å². The normalized spacial score (nSPS) is 24.6. The zero-order valence-corrected chi connectivity index (χ0v) is 10.2. The Morgan fingerprint density at radius 2 is 2.06 bits per heavy atom. The van der Waals surface area contributed by atoms with E-state index in [4.69, 9.17) is 10.1 Å². The summed E-state index contributed by atoms with van der Waals surface area (Å²) in [4.78, 5) is 24.2. The van der Waals surface area contributed by atoms with Crippen molar-refractivity contribution in [2.75, 3.05) is 6.54 Å². The van der Waals surface area contributed by atoms with Crippen LogP contribution in [0.1, 0.15) is 27.2 Å². The summed E-state index contributed by atoms with van der Waals surface area (Å²) in [5.74, 6) is -0.573. The summed E-state index contributed by atoms with van der Waals surface area (Å²) in [5, 5.41) is 6.87. The van der Waals surface area contributed by atoms with Crippen molar-refractivity contribution in [3.8, 4) is 0 Å². The Balaban J connectivity index is 2.77. The first-order valence-corrected chi connectivity index (χ1v) is 5.42. The Bertz CT molecular complexity index is 338. The smallest absolute Gasteiger partial charge is 0.411 e. The molecule has 1 aliphatic heterocycles. The number of ether oxygens (including phenoxy) is 1. The second-order valence-corrected chi connectivity index (χ2v) is 5.03. The zero-order valence-electron chi connectivity index (χ0n) is 10.2. The number of hydrogen-bond acceptors (Lipinski definition) is 4. The third-order valence-electron chi connectivity index (χ3n) is 2.35. The highest BCUT2D eigenvalue weighted by molar-refractivity contribution is 6.29. The van der Waals surface area contributed by atoms with Gasteiger partial charge in [0.2, 0.25) is 0 Å². The molecule has 1 amide bonds. The molecule has 1 fully saturated rings. The third-order valence-corrected chi connectivity index (χ3v) is 2.35. The van der Waals surface area contributed by atoms with E-state index in [2.05, 4.69) is 0 Å². The van der Waals surface area contributed by atoms with Crippen molar-refractivity contribution in [1.29, 1.82) is 5.41 Å². The summed E-state index contributed by atoms with van der Waals surface area (Å²) in [6.45, 7) is 4.93. The molecular formula is C11H17FN2O3. The minimum Gasteiger partial charge on any atom is -0.444 e. The van der Waals surface area contributed by atoms with E-state index in [1.54, 1.807) is 20.8 Å². The van der Waals surface area contributed by atoms with Crippen LogP contribution in [0.15, 0.2) is 0 Å². The van der Waals surface area contributed by atoms with Gasteiger partial charge in [-0.05, 0) is 20.8 Å². The average Bonchev–Trinajstić information content (AvgIpc) is 2.56. The lowest BCUT2D eigenvalue weighted by Crippen LogP contribution is -2.43. The van der Waals surface area contributed by atoms with E-state index in [1.807, 2.05) is 0 Å². The molecule has 17 heavy (non-hydrogen) atoms. The molecule has 96 valence electrons. The van der Waals surface area contributed by atoms with Gasteiger partial charge in [-0.15, -0.1) is 0 Å². The second kappa shape index (κ2) is 4.81. The number of halogens is 1. The summed E-state index contributed by atoms with van der Waals surface area (Å²) in [5.41, 5.74) is -0.691. The first kappa shape index (κ1) is 13.6. The van der Waals surface area contributed by atoms with Gasteiger partial charge in [-0.25, -0.2) is 9.18 Å². The second-order valence-electron chi connectivity index (χ2n) is 5.03. The number of hydrogen-bond donors (Lipinski definition) is 1. The molecule has 1 aliphatic rings. The molecule has 0 aromatic rings. The van der Waals surface area contributed by atoms with Crippen molar-refractivity contribution < 1.29 is 18.7 Å². The number of rotatable bonds is 2. The van der Waals surface area contributed by atoms with Crippen molar-refractivity contribution in [2.45, 2.75) is 45.0 Å². The molecule has 0 spiro atoms. The number of nitrogens with zero attached hydrogens (tertiary/aromatic N) is 1. The zero-order chi connectivity index (χ0) is 13.2. The van der Waals surface area contributed by atoms with Gasteiger partial charge in [0, 0.05) is 6.42 Å². The van der Waals surface area contributed by atoms with Crippen LogP contribution in [0.4, 0.5) is 9.18 Å². The van der Waals surface area contributed by atoms with Crippen LogP contribution in [-0.4, -0.2) is 47.4 Å². The minimum absolute atomic E-state index is 0.0620. The number of nitrogens with one attached hydrogen (secondary N) is 1. The molecule has 0 aromatic heterocycles. The predicted molar refractivity (Wildman–Crippen MR) is 60.0 cm³/mol. The van der Waals surface area contributed by atoms with E-state index in [9.17, 15) is 14.0 Å². The van der Waals surface area contributed by atoms with Gasteiger partial charge in [-0.1, -0.05) is 0 Å². The van der Waals surface area contributed by atoms with Crippen molar-refractivity contribution in [2.24, 2.45) is 0 Å². The van der Waals surface area contributed by atoms with E-state index >= 15 is 0 Å². The van der Waals surface area contributed by atoms with Gasteiger partial charge in [-0.2, -0.15) is 0 Å². The number of carbonyl (C=O) groups excluding carboxylic acids is 2. The lowest BCUT2D eigenvalue weighted by molar-refractivity contribution is -0.116. The van der Waals surface area contributed by atoms with Crippen LogP contribution in [0.2, 0.25) is 0 Å². The molecule has 0 unspecified atom stereocenters. The number of ketones is 1. The fourth-order valence-electron chi connectivity index (χ4n) is 1.67. The van der Waals surface area contributed by atoms with Crippen molar-refractivity contribution in [3.63, 3.8) is 0 Å². The number of alkyl halides is 1. The van der Waals surface area contributed by atoms with E-state index in [0.717, 1.165) is 4.90 Å². The highest BCUT2D eigenvalue weighted by atomic mass is 19.1. The highest BCUT2D eigenvalue weighted by Crippen LogP contribution is 2.23. The van der Waals surface area contributed by atoms with E-state index in [1.165, 1.54) is 0 Å². The number of likely N-dealkylation sites (tertiary alicyclic amines) is 1. The Labute approximate surface area is 99.4 Å². The lowest BCUT2D eigenvalue weighted by Gasteiger charge is -2.27. The summed E-state index contributed by atoms with van der Waals surface area (Å²) < 4.78 is 18.3. The largest absolute Gasteiger partial charge is 0.444 e. The van der Waals surface area contributed by atoms with Crippen LogP contribution in [0.5, 0.6) is 0 Å². The fourth-order valence-corrected chi connectivity index (χ4v) is 1.67. The van der Waals surface area contributed by atoms with Crippen LogP contribution >= 0.6 is 0 Å². The number of amides is 1. The van der Waals surface area contributed by atoms with Gasteiger partial charge in [0.25, 0.3) is 0 Å². The third kappa shape index (κ3) is 3.51. The molecule has 0 saturated carbocycles. The quantitative estimate of drug-likeness (QED) is 0.749. The lowest BCUT2D eigenvalue weighted by atomic mass is 10.1. The Morgan fingerprint density at radius 1 is 1.47 bits per heavy atom. The van der Waals surface area contributed by atoms with E-state index in [0.29, 0.717) is 6.21 Å². The van der Waals surface area contributed by atoms with Crippen LogP contribution < -0.4 is 0 Å². The Morgan fingerprint density at radius 3 is 2.53 bits per heavy atom. The highest BCUT2D eigenvalue weighted by Gasteiger charge is 2.40. The molecule has 6 heteroatoms.